The molecule has 0 amide bonds. The van der Waals surface area contributed by atoms with E-state index in [0.29, 0.717) is 36.9 Å². The number of ether oxygens (including phenoxy) is 2. The van der Waals surface area contributed by atoms with E-state index in [9.17, 15) is 8.42 Å². The topological polar surface area (TPSA) is 68.7 Å². The summed E-state index contributed by atoms with van der Waals surface area (Å²) in [4.78, 5) is 4.75. The average Bonchev–Trinajstić information content (AvgIpc) is 3.10. The van der Waals surface area contributed by atoms with Crippen molar-refractivity contribution >= 4 is 31.6 Å². The Labute approximate surface area is 162 Å². The van der Waals surface area contributed by atoms with Crippen LogP contribution in [0.1, 0.15) is 12.8 Å². The van der Waals surface area contributed by atoms with Gasteiger partial charge in [-0.1, -0.05) is 29.5 Å². The number of hydrogen-bond acceptors (Lipinski definition) is 6. The number of piperidine rings is 1. The van der Waals surface area contributed by atoms with E-state index in [1.54, 1.807) is 24.3 Å². The Hall–Kier alpha value is -2.16. The summed E-state index contributed by atoms with van der Waals surface area (Å²) in [5.41, 5.74) is 0.926. The van der Waals surface area contributed by atoms with E-state index in [-0.39, 0.29) is 11.0 Å². The van der Waals surface area contributed by atoms with Crippen molar-refractivity contribution in [3.63, 3.8) is 0 Å². The minimum absolute atomic E-state index is 0.0256. The Morgan fingerprint density at radius 1 is 1.11 bits per heavy atom. The van der Waals surface area contributed by atoms with Crippen LogP contribution in [-0.4, -0.2) is 44.0 Å². The fraction of sp³-hybridized carbons (Fsp3) is 0.316. The molecule has 0 spiro atoms. The van der Waals surface area contributed by atoms with Gasteiger partial charge in [-0.3, -0.25) is 0 Å². The Bertz CT molecular complexity index is 1010. The zero-order valence-corrected chi connectivity index (χ0v) is 16.5. The predicted molar refractivity (Wildman–Crippen MR) is 105 cm³/mol. The van der Waals surface area contributed by atoms with Gasteiger partial charge < -0.3 is 9.47 Å². The van der Waals surface area contributed by atoms with Crippen LogP contribution >= 0.6 is 11.3 Å². The molecule has 2 aromatic carbocycles. The first-order valence-corrected chi connectivity index (χ1v) is 11.0. The lowest BCUT2D eigenvalue weighted by Gasteiger charge is -2.30. The van der Waals surface area contributed by atoms with E-state index >= 15 is 0 Å². The van der Waals surface area contributed by atoms with Crippen molar-refractivity contribution in [2.24, 2.45) is 0 Å². The summed E-state index contributed by atoms with van der Waals surface area (Å²) in [5, 5.41) is 0.644. The second kappa shape index (κ2) is 7.46. The standard InChI is InChI=1S/C19H20N2O4S2/c1-24-15-5-4-6-16(13-15)27(22,23)21-11-9-14(10-12-21)25-19-20-17-7-2-3-8-18(17)26-19/h2-8,13-14H,9-12H2,1H3. The van der Waals surface area contributed by atoms with Crippen LogP contribution in [0.4, 0.5) is 0 Å². The van der Waals surface area contributed by atoms with Crippen molar-refractivity contribution < 1.29 is 17.9 Å². The summed E-state index contributed by atoms with van der Waals surface area (Å²) >= 11 is 1.52. The van der Waals surface area contributed by atoms with Crippen molar-refractivity contribution in [1.82, 2.24) is 9.29 Å². The van der Waals surface area contributed by atoms with Crippen molar-refractivity contribution in [3.05, 3.63) is 48.5 Å². The molecule has 27 heavy (non-hydrogen) atoms. The Balaban J connectivity index is 1.42. The van der Waals surface area contributed by atoms with Crippen LogP contribution in [-0.2, 0) is 10.0 Å². The van der Waals surface area contributed by atoms with Crippen molar-refractivity contribution in [1.29, 1.82) is 0 Å². The number of benzene rings is 2. The minimum atomic E-state index is -3.53. The van der Waals surface area contributed by atoms with Gasteiger partial charge in [0.2, 0.25) is 10.0 Å². The normalized spacial score (nSPS) is 16.5. The summed E-state index contributed by atoms with van der Waals surface area (Å²) in [6.07, 6.45) is 1.25. The number of sulfonamides is 1. The smallest absolute Gasteiger partial charge is 0.274 e. The maximum Gasteiger partial charge on any atom is 0.274 e. The summed E-state index contributed by atoms with van der Waals surface area (Å²) < 4.78 is 39.5. The molecular formula is C19H20N2O4S2. The van der Waals surface area contributed by atoms with Gasteiger partial charge in [0.15, 0.2) is 0 Å². The van der Waals surface area contributed by atoms with Gasteiger partial charge in [-0.15, -0.1) is 0 Å². The maximum atomic E-state index is 12.9. The quantitative estimate of drug-likeness (QED) is 0.651. The number of hydrogen-bond donors (Lipinski definition) is 0. The molecule has 1 fully saturated rings. The van der Waals surface area contributed by atoms with Crippen LogP contribution in [0.15, 0.2) is 53.4 Å². The van der Waals surface area contributed by atoms with Crippen LogP contribution in [0.2, 0.25) is 0 Å². The molecule has 142 valence electrons. The Morgan fingerprint density at radius 3 is 2.63 bits per heavy atom. The molecule has 1 aliphatic heterocycles. The zero-order valence-electron chi connectivity index (χ0n) is 14.9. The molecule has 0 radical (unpaired) electrons. The number of nitrogens with zero attached hydrogens (tertiary/aromatic N) is 2. The lowest BCUT2D eigenvalue weighted by Crippen LogP contribution is -2.41. The Kier molecular flexibility index (Phi) is 5.03. The fourth-order valence-electron chi connectivity index (χ4n) is 3.15. The van der Waals surface area contributed by atoms with Crippen LogP contribution in [0.3, 0.4) is 0 Å². The van der Waals surface area contributed by atoms with Crippen LogP contribution in [0, 0.1) is 0 Å². The monoisotopic (exact) mass is 404 g/mol. The lowest BCUT2D eigenvalue weighted by molar-refractivity contribution is 0.135. The summed E-state index contributed by atoms with van der Waals surface area (Å²) in [5.74, 6) is 0.533. The third-order valence-corrected chi connectivity index (χ3v) is 7.44. The predicted octanol–water partition coefficient (Wildman–Crippen LogP) is 3.54. The Morgan fingerprint density at radius 2 is 1.89 bits per heavy atom. The van der Waals surface area contributed by atoms with Gasteiger partial charge in [0.05, 0.1) is 22.2 Å². The molecule has 6 nitrogen and oxygen atoms in total. The molecule has 1 saturated heterocycles. The first-order valence-electron chi connectivity index (χ1n) is 8.73. The number of thiazole rings is 1. The van der Waals surface area contributed by atoms with Crippen molar-refractivity contribution in [2.45, 2.75) is 23.8 Å². The summed E-state index contributed by atoms with van der Waals surface area (Å²) in [7, 11) is -2.00. The number of methoxy groups -OCH3 is 1. The molecule has 0 atom stereocenters. The molecule has 0 bridgehead atoms. The zero-order chi connectivity index (χ0) is 18.9. The minimum Gasteiger partial charge on any atom is -0.497 e. The highest BCUT2D eigenvalue weighted by Crippen LogP contribution is 2.30. The van der Waals surface area contributed by atoms with E-state index in [1.165, 1.54) is 22.8 Å². The molecule has 1 aliphatic rings. The second-order valence-electron chi connectivity index (χ2n) is 6.35. The maximum absolute atomic E-state index is 12.9. The molecular weight excluding hydrogens is 384 g/mol. The van der Waals surface area contributed by atoms with Gasteiger partial charge >= 0.3 is 0 Å². The molecule has 3 aromatic rings. The number of rotatable bonds is 5. The lowest BCUT2D eigenvalue weighted by atomic mass is 10.1. The molecule has 0 N–H and O–H groups in total. The van der Waals surface area contributed by atoms with E-state index < -0.39 is 10.0 Å². The third kappa shape index (κ3) is 3.78. The molecule has 2 heterocycles. The highest BCUT2D eigenvalue weighted by Gasteiger charge is 2.30. The van der Waals surface area contributed by atoms with Gasteiger partial charge in [0.1, 0.15) is 11.9 Å². The molecule has 4 rings (SSSR count). The van der Waals surface area contributed by atoms with Gasteiger partial charge in [-0.2, -0.15) is 4.31 Å². The van der Waals surface area contributed by atoms with E-state index in [1.807, 2.05) is 24.3 Å². The van der Waals surface area contributed by atoms with Crippen molar-refractivity contribution in [3.8, 4) is 10.9 Å². The summed E-state index contributed by atoms with van der Waals surface area (Å²) in [6.45, 7) is 0.851. The van der Waals surface area contributed by atoms with Crippen molar-refractivity contribution in [2.75, 3.05) is 20.2 Å². The first kappa shape index (κ1) is 18.2. The van der Waals surface area contributed by atoms with E-state index in [0.717, 1.165) is 10.2 Å². The highest BCUT2D eigenvalue weighted by atomic mass is 32.2. The van der Waals surface area contributed by atoms with E-state index in [2.05, 4.69) is 4.98 Å². The van der Waals surface area contributed by atoms with E-state index in [4.69, 9.17) is 9.47 Å². The van der Waals surface area contributed by atoms with Gasteiger partial charge in [0, 0.05) is 19.2 Å². The molecule has 1 aromatic heterocycles. The molecule has 0 aliphatic carbocycles. The van der Waals surface area contributed by atoms with Crippen LogP contribution in [0.25, 0.3) is 10.2 Å². The molecule has 0 unspecified atom stereocenters. The van der Waals surface area contributed by atoms with Gasteiger partial charge in [0.25, 0.3) is 5.19 Å². The first-order chi connectivity index (χ1) is 13.1. The fourth-order valence-corrected chi connectivity index (χ4v) is 5.53. The van der Waals surface area contributed by atoms with Crippen LogP contribution in [0.5, 0.6) is 10.9 Å². The van der Waals surface area contributed by atoms with Crippen LogP contribution < -0.4 is 9.47 Å². The SMILES string of the molecule is COc1cccc(S(=O)(=O)N2CCC(Oc3nc4ccccc4s3)CC2)c1. The highest BCUT2D eigenvalue weighted by molar-refractivity contribution is 7.89. The van der Waals surface area contributed by atoms with Gasteiger partial charge in [-0.05, 0) is 37.1 Å². The second-order valence-corrected chi connectivity index (χ2v) is 9.28. The largest absolute Gasteiger partial charge is 0.497 e. The molecule has 8 heteroatoms. The average molecular weight is 405 g/mol. The summed E-state index contributed by atoms with van der Waals surface area (Å²) in [6, 6.07) is 14.5. The number of aromatic nitrogens is 1. The third-order valence-electron chi connectivity index (χ3n) is 4.62. The number of para-hydroxylation sites is 1. The number of fused-ring (bicyclic) bond motifs is 1. The van der Waals surface area contributed by atoms with Gasteiger partial charge in [-0.25, -0.2) is 13.4 Å². The molecule has 0 saturated carbocycles.